The molecule has 0 aromatic carbocycles. The third kappa shape index (κ3) is 10.5. The molecule has 0 aliphatic carbocycles. The maximum absolute atomic E-state index is 11.7. The lowest BCUT2D eigenvalue weighted by atomic mass is 10.2. The predicted molar refractivity (Wildman–Crippen MR) is 114 cm³/mol. The summed E-state index contributed by atoms with van der Waals surface area (Å²) in [6.45, 7) is 9.65. The monoisotopic (exact) mass is 393 g/mol. The Hall–Kier alpha value is -2.61. The van der Waals surface area contributed by atoms with Crippen molar-refractivity contribution in [3.05, 3.63) is 23.7 Å². The van der Waals surface area contributed by atoms with Gasteiger partial charge in [0.05, 0.1) is 24.1 Å². The molecule has 8 nitrogen and oxygen atoms in total. The maximum Gasteiger partial charge on any atom is 0.244 e. The number of hydrogen-bond donors (Lipinski definition) is 2. The summed E-state index contributed by atoms with van der Waals surface area (Å²) in [6.07, 6.45) is 7.86. The van der Waals surface area contributed by atoms with E-state index < -0.39 is 0 Å². The van der Waals surface area contributed by atoms with E-state index in [9.17, 15) is 9.59 Å². The fourth-order valence-electron chi connectivity index (χ4n) is 2.27. The molecule has 0 bridgehead atoms. The van der Waals surface area contributed by atoms with Crippen LogP contribution in [0, 0.1) is 0 Å². The van der Waals surface area contributed by atoms with Crippen LogP contribution in [-0.2, 0) is 20.9 Å². The number of hydrogen-bond acceptors (Lipinski definition) is 6. The quantitative estimate of drug-likeness (QED) is 0.569. The molecular formula is C20H35N5O3. The second-order valence-corrected chi connectivity index (χ2v) is 5.64. The van der Waals surface area contributed by atoms with E-state index in [0.29, 0.717) is 36.8 Å². The highest BCUT2D eigenvalue weighted by atomic mass is 16.2. The number of nitrogens with zero attached hydrogens (tertiary/aromatic N) is 3. The zero-order valence-electron chi connectivity index (χ0n) is 16.7. The number of amides is 2. The van der Waals surface area contributed by atoms with Gasteiger partial charge in [-0.1, -0.05) is 41.0 Å². The molecule has 0 saturated heterocycles. The van der Waals surface area contributed by atoms with Crippen molar-refractivity contribution < 1.29 is 14.4 Å². The second kappa shape index (κ2) is 16.6. The second-order valence-electron chi connectivity index (χ2n) is 5.64. The maximum atomic E-state index is 11.7. The lowest BCUT2D eigenvalue weighted by Crippen LogP contribution is -2.26. The average Bonchev–Trinajstić information content (AvgIpc) is 2.82. The highest BCUT2D eigenvalue weighted by molar-refractivity contribution is 5.93. The number of anilines is 1. The number of aromatic nitrogens is 2. The van der Waals surface area contributed by atoms with E-state index in [1.807, 2.05) is 32.6 Å². The summed E-state index contributed by atoms with van der Waals surface area (Å²) >= 11 is 0. The minimum absolute atomic E-state index is 0. The van der Waals surface area contributed by atoms with Crippen molar-refractivity contribution in [3.63, 3.8) is 0 Å². The van der Waals surface area contributed by atoms with E-state index in [2.05, 4.69) is 27.5 Å². The highest BCUT2D eigenvalue weighted by Crippen LogP contribution is 2.16. The topological polar surface area (TPSA) is 104 Å². The first-order valence-electron chi connectivity index (χ1n) is 9.17. The van der Waals surface area contributed by atoms with Crippen molar-refractivity contribution in [1.29, 1.82) is 0 Å². The predicted octanol–water partition coefficient (Wildman–Crippen LogP) is 2.66. The summed E-state index contributed by atoms with van der Waals surface area (Å²) < 4.78 is 0. The molecule has 2 N–H and O–H groups in total. The molecule has 1 aliphatic heterocycles. The summed E-state index contributed by atoms with van der Waals surface area (Å²) in [6, 6.07) is 0. The van der Waals surface area contributed by atoms with E-state index in [1.165, 1.54) is 6.08 Å². The van der Waals surface area contributed by atoms with Gasteiger partial charge in [-0.3, -0.25) is 14.5 Å². The molecule has 0 radical (unpaired) electrons. The molecule has 1 aromatic heterocycles. The van der Waals surface area contributed by atoms with Gasteiger partial charge in [0.25, 0.3) is 0 Å². The van der Waals surface area contributed by atoms with Gasteiger partial charge in [0.2, 0.25) is 11.8 Å². The van der Waals surface area contributed by atoms with Crippen LogP contribution in [0.1, 0.15) is 58.8 Å². The Balaban J connectivity index is 0. The van der Waals surface area contributed by atoms with Gasteiger partial charge in [0, 0.05) is 19.2 Å². The lowest BCUT2D eigenvalue weighted by molar-refractivity contribution is -0.117. The van der Waals surface area contributed by atoms with Gasteiger partial charge in [0.15, 0.2) is 5.82 Å². The van der Waals surface area contributed by atoms with Crippen LogP contribution < -0.4 is 10.6 Å². The van der Waals surface area contributed by atoms with E-state index in [-0.39, 0.29) is 19.2 Å². The molecule has 0 atom stereocenters. The average molecular weight is 394 g/mol. The largest absolute Gasteiger partial charge is 0.353 e. The molecule has 0 saturated carbocycles. The van der Waals surface area contributed by atoms with Crippen molar-refractivity contribution in [2.75, 3.05) is 25.5 Å². The number of unbranched alkanes of at least 4 members (excludes halogenated alkanes) is 2. The fraction of sp³-hybridized carbons (Fsp3) is 0.550. The van der Waals surface area contributed by atoms with E-state index >= 15 is 0 Å². The molecule has 2 rings (SSSR count). The number of carbonyl (C=O) groups excluding carboxylic acids is 3. The minimum Gasteiger partial charge on any atom is -0.353 e. The molecular weight excluding hydrogens is 358 g/mol. The van der Waals surface area contributed by atoms with Crippen molar-refractivity contribution in [3.8, 4) is 0 Å². The number of fused-ring (bicyclic) bond motifs is 1. The van der Waals surface area contributed by atoms with Crippen LogP contribution in [0.5, 0.6) is 0 Å². The summed E-state index contributed by atoms with van der Waals surface area (Å²) in [7, 11) is 1.85. The highest BCUT2D eigenvalue weighted by Gasteiger charge is 2.18. The Morgan fingerprint density at radius 2 is 2.00 bits per heavy atom. The van der Waals surface area contributed by atoms with Crippen LogP contribution in [0.4, 0.5) is 5.82 Å². The van der Waals surface area contributed by atoms with Crippen LogP contribution in [0.15, 0.2) is 12.3 Å². The summed E-state index contributed by atoms with van der Waals surface area (Å²) in [5, 5.41) is 5.56. The molecule has 8 heteroatoms. The van der Waals surface area contributed by atoms with Crippen LogP contribution in [0.2, 0.25) is 0 Å². The van der Waals surface area contributed by atoms with Crippen LogP contribution >= 0.6 is 0 Å². The number of carbonyl (C=O) groups is 3. The van der Waals surface area contributed by atoms with Gasteiger partial charge in [-0.05, 0) is 19.5 Å². The normalized spacial score (nSPS) is 12.8. The SMILES string of the molecule is C.C=O.CC.CCCCCNC(=O)/C=C/c1cnc2c(n1)CN(C)CC(=O)N2. The Morgan fingerprint density at radius 1 is 1.32 bits per heavy atom. The summed E-state index contributed by atoms with van der Waals surface area (Å²) in [4.78, 5) is 41.9. The Bertz CT molecular complexity index is 620. The third-order valence-electron chi connectivity index (χ3n) is 3.44. The van der Waals surface area contributed by atoms with Gasteiger partial charge >= 0.3 is 0 Å². The summed E-state index contributed by atoms with van der Waals surface area (Å²) in [5.41, 5.74) is 1.29. The lowest BCUT2D eigenvalue weighted by Gasteiger charge is -2.10. The van der Waals surface area contributed by atoms with Gasteiger partial charge in [0.1, 0.15) is 6.79 Å². The number of likely N-dealkylation sites (N-methyl/N-ethyl adjacent to an activating group) is 1. The van der Waals surface area contributed by atoms with Crippen molar-refractivity contribution >= 4 is 30.5 Å². The Morgan fingerprint density at radius 3 is 2.64 bits per heavy atom. The van der Waals surface area contributed by atoms with Gasteiger partial charge in [-0.15, -0.1) is 0 Å². The molecule has 2 amide bonds. The Kier molecular flexibility index (Phi) is 16.3. The zero-order chi connectivity index (χ0) is 20.7. The van der Waals surface area contributed by atoms with E-state index in [4.69, 9.17) is 4.79 Å². The third-order valence-corrected chi connectivity index (χ3v) is 3.44. The minimum atomic E-state index is -0.136. The van der Waals surface area contributed by atoms with Crippen molar-refractivity contribution in [2.45, 2.75) is 54.0 Å². The smallest absolute Gasteiger partial charge is 0.244 e. The first kappa shape index (κ1) is 27.6. The number of nitrogens with one attached hydrogen (secondary N) is 2. The molecule has 0 fully saturated rings. The molecule has 1 aliphatic rings. The standard InChI is InChI=1S/C16H23N5O2.C2H6.CH2O.CH4/c1-3-4-5-8-17-14(22)7-6-12-9-18-16-13(19-12)10-21(2)11-15(23)20-16;2*1-2;/h6-7,9H,3-5,8,10-11H2,1-2H3,(H,17,22)(H,18,20,23);1-2H3;1H2;1H4/b7-6+;;;. The molecule has 28 heavy (non-hydrogen) atoms. The van der Waals surface area contributed by atoms with Crippen LogP contribution in [0.25, 0.3) is 6.08 Å². The Labute approximate surface area is 168 Å². The van der Waals surface area contributed by atoms with Gasteiger partial charge in [-0.25, -0.2) is 9.97 Å². The van der Waals surface area contributed by atoms with Crippen molar-refractivity contribution in [2.24, 2.45) is 0 Å². The summed E-state index contributed by atoms with van der Waals surface area (Å²) in [5.74, 6) is 0.249. The van der Waals surface area contributed by atoms with E-state index in [1.54, 1.807) is 12.3 Å². The fourth-order valence-corrected chi connectivity index (χ4v) is 2.27. The van der Waals surface area contributed by atoms with Crippen LogP contribution in [-0.4, -0.2) is 53.6 Å². The first-order valence-corrected chi connectivity index (χ1v) is 9.17. The number of rotatable bonds is 6. The molecule has 2 heterocycles. The molecule has 158 valence electrons. The van der Waals surface area contributed by atoms with Crippen LogP contribution in [0.3, 0.4) is 0 Å². The van der Waals surface area contributed by atoms with Gasteiger partial charge in [-0.2, -0.15) is 0 Å². The zero-order valence-corrected chi connectivity index (χ0v) is 16.7. The molecule has 1 aromatic rings. The molecule has 0 spiro atoms. The van der Waals surface area contributed by atoms with E-state index in [0.717, 1.165) is 19.3 Å². The first-order chi connectivity index (χ1) is 13.1. The molecule has 0 unspecified atom stereocenters. The van der Waals surface area contributed by atoms with Crippen molar-refractivity contribution in [1.82, 2.24) is 20.2 Å². The van der Waals surface area contributed by atoms with Gasteiger partial charge < -0.3 is 15.4 Å².